The molecule has 0 bridgehead atoms. The summed E-state index contributed by atoms with van der Waals surface area (Å²) in [5.41, 5.74) is 4.04. The summed E-state index contributed by atoms with van der Waals surface area (Å²) in [5.74, 6) is 0.365. The number of methoxy groups -OCH3 is 1. The van der Waals surface area contributed by atoms with Gasteiger partial charge in [0.15, 0.2) is 5.78 Å². The maximum absolute atomic E-state index is 12.4. The second-order valence-corrected chi connectivity index (χ2v) is 8.18. The molecule has 0 saturated carbocycles. The number of thiophene rings is 1. The van der Waals surface area contributed by atoms with Gasteiger partial charge in [-0.15, -0.1) is 11.3 Å². The number of Topliss-reactive ketones (excluding diaryl/α,β-unsaturated/α-hetero) is 1. The van der Waals surface area contributed by atoms with Crippen molar-refractivity contribution in [2.75, 3.05) is 12.4 Å². The number of nitrogens with one attached hydrogen (secondary N) is 1. The van der Waals surface area contributed by atoms with Crippen LogP contribution in [0.2, 0.25) is 0 Å². The summed E-state index contributed by atoms with van der Waals surface area (Å²) >= 11 is 1.61. The van der Waals surface area contributed by atoms with E-state index in [1.54, 1.807) is 24.3 Å². The third-order valence-electron chi connectivity index (χ3n) is 5.12. The Kier molecular flexibility index (Phi) is 5.45. The molecule has 148 valence electrons. The molecule has 1 aliphatic rings. The van der Waals surface area contributed by atoms with Crippen LogP contribution >= 0.6 is 11.3 Å². The molecule has 0 fully saturated rings. The van der Waals surface area contributed by atoms with Crippen molar-refractivity contribution < 1.29 is 14.3 Å². The van der Waals surface area contributed by atoms with Crippen molar-refractivity contribution in [3.63, 3.8) is 0 Å². The first kappa shape index (κ1) is 19.3. The van der Waals surface area contributed by atoms with Gasteiger partial charge in [-0.25, -0.2) is 9.78 Å². The fraction of sp³-hybridized carbons (Fsp3) is 0.261. The predicted molar refractivity (Wildman–Crippen MR) is 115 cm³/mol. The number of ketones is 1. The smallest absolute Gasteiger partial charge is 0.341 e. The van der Waals surface area contributed by atoms with Gasteiger partial charge in [0.05, 0.1) is 18.4 Å². The summed E-state index contributed by atoms with van der Waals surface area (Å²) in [4.78, 5) is 30.1. The first-order chi connectivity index (χ1) is 14.1. The van der Waals surface area contributed by atoms with Crippen molar-refractivity contribution in [1.29, 1.82) is 0 Å². The normalized spacial score (nSPS) is 12.9. The van der Waals surface area contributed by atoms with Gasteiger partial charge in [-0.05, 0) is 56.4 Å². The van der Waals surface area contributed by atoms with Gasteiger partial charge in [0.2, 0.25) is 0 Å². The van der Waals surface area contributed by atoms with Crippen LogP contribution in [-0.4, -0.2) is 23.8 Å². The fourth-order valence-corrected chi connectivity index (χ4v) is 4.94. The predicted octanol–water partition coefficient (Wildman–Crippen LogP) is 5.42. The molecule has 6 heteroatoms. The lowest BCUT2D eigenvalue weighted by Crippen LogP contribution is -2.09. The molecule has 0 radical (unpaired) electrons. The minimum Gasteiger partial charge on any atom is -0.465 e. The number of aromatic nitrogens is 1. The summed E-state index contributed by atoms with van der Waals surface area (Å²) < 4.78 is 5.04. The van der Waals surface area contributed by atoms with E-state index >= 15 is 0 Å². The van der Waals surface area contributed by atoms with E-state index in [4.69, 9.17) is 9.72 Å². The van der Waals surface area contributed by atoms with E-state index in [9.17, 15) is 9.59 Å². The number of aryl methyl sites for hydroxylation is 1. The molecular formula is C23H22N2O3S. The molecule has 0 spiro atoms. The highest BCUT2D eigenvalue weighted by Crippen LogP contribution is 2.39. The zero-order valence-corrected chi connectivity index (χ0v) is 17.3. The second-order valence-electron chi connectivity index (χ2n) is 7.08. The van der Waals surface area contributed by atoms with Crippen molar-refractivity contribution in [2.24, 2.45) is 0 Å². The Morgan fingerprint density at radius 3 is 2.69 bits per heavy atom. The monoisotopic (exact) mass is 406 g/mol. The molecule has 2 aromatic heterocycles. The lowest BCUT2D eigenvalue weighted by molar-refractivity contribution is 0.0601. The number of esters is 1. The molecule has 29 heavy (non-hydrogen) atoms. The van der Waals surface area contributed by atoms with E-state index < -0.39 is 0 Å². The molecule has 0 amide bonds. The summed E-state index contributed by atoms with van der Waals surface area (Å²) in [6.45, 7) is 1.55. The standard InChI is InChI=1S/C23H22N2O3S/c1-14(26)15-7-5-8-16(13-15)18-10-6-12-20(24-18)25-22-21(23(27)28-2)17-9-3-4-11-19(17)29-22/h5-8,10,12-13H,3-4,9,11H2,1-2H3,(H,24,25). The molecule has 1 aliphatic carbocycles. The highest BCUT2D eigenvalue weighted by atomic mass is 32.1. The van der Waals surface area contributed by atoms with E-state index in [-0.39, 0.29) is 11.8 Å². The van der Waals surface area contributed by atoms with Crippen LogP contribution in [0, 0.1) is 0 Å². The van der Waals surface area contributed by atoms with E-state index in [1.165, 1.54) is 12.0 Å². The van der Waals surface area contributed by atoms with Gasteiger partial charge in [0, 0.05) is 16.0 Å². The molecule has 1 N–H and O–H groups in total. The number of anilines is 2. The maximum atomic E-state index is 12.4. The Hall–Kier alpha value is -2.99. The highest BCUT2D eigenvalue weighted by molar-refractivity contribution is 7.16. The van der Waals surface area contributed by atoms with Crippen LogP contribution in [0.3, 0.4) is 0 Å². The van der Waals surface area contributed by atoms with Gasteiger partial charge in [0.25, 0.3) is 0 Å². The zero-order chi connectivity index (χ0) is 20.4. The summed E-state index contributed by atoms with van der Waals surface area (Å²) in [7, 11) is 1.42. The van der Waals surface area contributed by atoms with Crippen molar-refractivity contribution in [3.8, 4) is 11.3 Å². The Morgan fingerprint density at radius 2 is 1.90 bits per heavy atom. The quantitative estimate of drug-likeness (QED) is 0.452. The first-order valence-electron chi connectivity index (χ1n) is 9.65. The number of ether oxygens (including phenoxy) is 1. The van der Waals surface area contributed by atoms with Crippen LogP contribution in [0.1, 0.15) is 50.9 Å². The minimum absolute atomic E-state index is 0.0213. The summed E-state index contributed by atoms with van der Waals surface area (Å²) in [6, 6.07) is 13.1. The number of carbonyl (C=O) groups excluding carboxylic acids is 2. The molecule has 1 aromatic carbocycles. The molecule has 0 atom stereocenters. The molecular weight excluding hydrogens is 384 g/mol. The number of carbonyl (C=O) groups is 2. The minimum atomic E-state index is -0.308. The molecule has 2 heterocycles. The Bertz CT molecular complexity index is 1090. The van der Waals surface area contributed by atoms with Crippen LogP contribution in [0.25, 0.3) is 11.3 Å². The molecule has 3 aromatic rings. The van der Waals surface area contributed by atoms with E-state index in [2.05, 4.69) is 5.32 Å². The third kappa shape index (κ3) is 3.93. The lowest BCUT2D eigenvalue weighted by atomic mass is 9.95. The van der Waals surface area contributed by atoms with Crippen molar-refractivity contribution in [3.05, 3.63) is 64.0 Å². The third-order valence-corrected chi connectivity index (χ3v) is 6.32. The largest absolute Gasteiger partial charge is 0.465 e. The van der Waals surface area contributed by atoms with Gasteiger partial charge in [0.1, 0.15) is 10.8 Å². The maximum Gasteiger partial charge on any atom is 0.341 e. The number of fused-ring (bicyclic) bond motifs is 1. The van der Waals surface area contributed by atoms with Gasteiger partial charge >= 0.3 is 5.97 Å². The number of hydrogen-bond acceptors (Lipinski definition) is 6. The van der Waals surface area contributed by atoms with Crippen LogP contribution in [0.5, 0.6) is 0 Å². The van der Waals surface area contributed by atoms with Crippen molar-refractivity contribution in [2.45, 2.75) is 32.6 Å². The average Bonchev–Trinajstić information content (AvgIpc) is 3.11. The van der Waals surface area contributed by atoms with E-state index in [0.717, 1.165) is 47.5 Å². The zero-order valence-electron chi connectivity index (χ0n) is 16.5. The molecule has 5 nitrogen and oxygen atoms in total. The van der Waals surface area contributed by atoms with Crippen molar-refractivity contribution >= 4 is 33.9 Å². The van der Waals surface area contributed by atoms with Crippen LogP contribution < -0.4 is 5.32 Å². The van der Waals surface area contributed by atoms with Gasteiger partial charge in [-0.2, -0.15) is 0 Å². The van der Waals surface area contributed by atoms with Gasteiger partial charge in [-0.1, -0.05) is 24.3 Å². The van der Waals surface area contributed by atoms with Crippen LogP contribution in [0.4, 0.5) is 10.8 Å². The lowest BCUT2D eigenvalue weighted by Gasteiger charge is -2.12. The first-order valence-corrected chi connectivity index (χ1v) is 10.5. The van der Waals surface area contributed by atoms with Gasteiger partial charge < -0.3 is 10.1 Å². The second kappa shape index (κ2) is 8.17. The topological polar surface area (TPSA) is 68.3 Å². The van der Waals surface area contributed by atoms with Crippen molar-refractivity contribution in [1.82, 2.24) is 4.98 Å². The van der Waals surface area contributed by atoms with Crippen LogP contribution in [-0.2, 0) is 17.6 Å². The van der Waals surface area contributed by atoms with Crippen LogP contribution in [0.15, 0.2) is 42.5 Å². The number of rotatable bonds is 5. The number of pyridine rings is 1. The molecule has 0 aliphatic heterocycles. The number of benzene rings is 1. The Morgan fingerprint density at radius 1 is 1.10 bits per heavy atom. The molecule has 4 rings (SSSR count). The molecule has 0 unspecified atom stereocenters. The molecule has 0 saturated heterocycles. The summed E-state index contributed by atoms with van der Waals surface area (Å²) in [6.07, 6.45) is 4.14. The highest BCUT2D eigenvalue weighted by Gasteiger charge is 2.26. The Balaban J connectivity index is 1.69. The SMILES string of the molecule is COC(=O)c1c(Nc2cccc(-c3cccc(C(C)=O)c3)n2)sc2c1CCCC2. The van der Waals surface area contributed by atoms with E-state index in [0.29, 0.717) is 16.9 Å². The summed E-state index contributed by atoms with van der Waals surface area (Å²) in [5, 5.41) is 4.12. The van der Waals surface area contributed by atoms with E-state index in [1.807, 2.05) is 36.4 Å². The van der Waals surface area contributed by atoms with Gasteiger partial charge in [-0.3, -0.25) is 4.79 Å². The number of hydrogen-bond donors (Lipinski definition) is 1. The average molecular weight is 407 g/mol. The Labute approximate surface area is 173 Å². The number of nitrogens with zero attached hydrogens (tertiary/aromatic N) is 1. The fourth-order valence-electron chi connectivity index (χ4n) is 3.65.